The minimum absolute atomic E-state index is 0.243. The van der Waals surface area contributed by atoms with Crippen LogP contribution in [0.3, 0.4) is 0 Å². The van der Waals surface area contributed by atoms with Gasteiger partial charge in [0.25, 0.3) is 23.2 Å². The molecule has 0 aliphatic heterocycles. The Kier molecular flexibility index (Phi) is 5.59. The number of nitro groups is 2. The lowest BCUT2D eigenvalue weighted by molar-refractivity contribution is -0.394. The van der Waals surface area contributed by atoms with Crippen molar-refractivity contribution in [3.05, 3.63) is 60.0 Å². The van der Waals surface area contributed by atoms with Crippen LogP contribution in [-0.2, 0) is 12.8 Å². The molecule has 2 aromatic rings. The fourth-order valence-corrected chi connectivity index (χ4v) is 4.83. The highest BCUT2D eigenvalue weighted by atomic mass is 32.1. The fraction of sp³-hybridized carbons (Fsp3) is 0.333. The Hall–Kier alpha value is -3.34. The highest BCUT2D eigenvalue weighted by Crippen LogP contribution is 2.40. The van der Waals surface area contributed by atoms with Crippen molar-refractivity contribution in [2.24, 2.45) is 11.7 Å². The molecule has 0 saturated heterocycles. The third-order valence-corrected chi connectivity index (χ3v) is 6.17. The number of hydrogen-bond donors (Lipinski definition) is 2. The summed E-state index contributed by atoms with van der Waals surface area (Å²) in [6, 6.07) is 2.68. The molecular formula is C18H18N4O6S. The zero-order valence-electron chi connectivity index (χ0n) is 15.5. The van der Waals surface area contributed by atoms with Gasteiger partial charge in [0, 0.05) is 17.0 Å². The monoisotopic (exact) mass is 418 g/mol. The van der Waals surface area contributed by atoms with Gasteiger partial charge < -0.3 is 11.1 Å². The SMILES string of the molecule is CCC1CCc2c(sc(NC(=O)c3cc([N+](=O)[O-])cc([N+](=O)[O-])c3)c2C(N)=O)C1. The molecule has 1 unspecified atom stereocenters. The molecule has 0 fully saturated rings. The van der Waals surface area contributed by atoms with E-state index in [0.29, 0.717) is 12.3 Å². The summed E-state index contributed by atoms with van der Waals surface area (Å²) in [4.78, 5) is 46.1. The first-order chi connectivity index (χ1) is 13.7. The molecular weight excluding hydrogens is 400 g/mol. The number of nitrogens with one attached hydrogen (secondary N) is 1. The first-order valence-corrected chi connectivity index (χ1v) is 9.72. The molecule has 0 bridgehead atoms. The molecule has 1 aliphatic rings. The van der Waals surface area contributed by atoms with Gasteiger partial charge in [-0.05, 0) is 30.7 Å². The van der Waals surface area contributed by atoms with Crippen LogP contribution < -0.4 is 11.1 Å². The van der Waals surface area contributed by atoms with E-state index in [0.717, 1.165) is 47.9 Å². The Balaban J connectivity index is 1.97. The maximum absolute atomic E-state index is 12.7. The van der Waals surface area contributed by atoms with Gasteiger partial charge in [0.1, 0.15) is 5.00 Å². The quantitative estimate of drug-likeness (QED) is 0.540. The molecule has 0 spiro atoms. The summed E-state index contributed by atoms with van der Waals surface area (Å²) >= 11 is 1.25. The van der Waals surface area contributed by atoms with E-state index < -0.39 is 33.0 Å². The van der Waals surface area contributed by atoms with Crippen LogP contribution in [-0.4, -0.2) is 21.7 Å². The smallest absolute Gasteiger partial charge is 0.277 e. The average Bonchev–Trinajstić information content (AvgIpc) is 3.04. The Labute approximate surface area is 169 Å². The highest BCUT2D eigenvalue weighted by Gasteiger charge is 2.29. The summed E-state index contributed by atoms with van der Waals surface area (Å²) in [6.07, 6.45) is 3.39. The number of anilines is 1. The van der Waals surface area contributed by atoms with Crippen molar-refractivity contribution in [2.75, 3.05) is 5.32 Å². The van der Waals surface area contributed by atoms with Crippen LogP contribution in [0.1, 0.15) is 50.9 Å². The van der Waals surface area contributed by atoms with Crippen LogP contribution >= 0.6 is 11.3 Å². The molecule has 29 heavy (non-hydrogen) atoms. The lowest BCUT2D eigenvalue weighted by Gasteiger charge is -2.20. The molecule has 11 heteroatoms. The predicted octanol–water partition coefficient (Wildman–Crippen LogP) is 3.43. The van der Waals surface area contributed by atoms with Crippen molar-refractivity contribution in [1.82, 2.24) is 0 Å². The number of rotatable bonds is 6. The number of thiophene rings is 1. The summed E-state index contributed by atoms with van der Waals surface area (Å²) in [5, 5.41) is 24.9. The summed E-state index contributed by atoms with van der Waals surface area (Å²) in [7, 11) is 0. The molecule has 3 rings (SSSR count). The van der Waals surface area contributed by atoms with Gasteiger partial charge in [0.15, 0.2) is 0 Å². The summed E-state index contributed by atoms with van der Waals surface area (Å²) < 4.78 is 0. The van der Waals surface area contributed by atoms with Crippen molar-refractivity contribution >= 4 is 39.5 Å². The second-order valence-electron chi connectivity index (χ2n) is 6.80. The van der Waals surface area contributed by atoms with Gasteiger partial charge in [-0.2, -0.15) is 0 Å². The molecule has 1 aromatic heterocycles. The minimum atomic E-state index is -0.812. The van der Waals surface area contributed by atoms with Crippen LogP contribution in [0.4, 0.5) is 16.4 Å². The second-order valence-corrected chi connectivity index (χ2v) is 7.90. The van der Waals surface area contributed by atoms with Crippen molar-refractivity contribution in [3.8, 4) is 0 Å². The normalized spacial score (nSPS) is 15.4. The van der Waals surface area contributed by atoms with Crippen LogP contribution in [0.2, 0.25) is 0 Å². The summed E-state index contributed by atoms with van der Waals surface area (Å²) in [6.45, 7) is 2.09. The fourth-order valence-electron chi connectivity index (χ4n) is 3.46. The first-order valence-electron chi connectivity index (χ1n) is 8.90. The lowest BCUT2D eigenvalue weighted by Crippen LogP contribution is -2.20. The molecule has 1 atom stereocenters. The van der Waals surface area contributed by atoms with Gasteiger partial charge >= 0.3 is 0 Å². The van der Waals surface area contributed by atoms with Gasteiger partial charge in [-0.1, -0.05) is 13.3 Å². The first kappa shape index (κ1) is 20.4. The number of carbonyl (C=O) groups excluding carboxylic acids is 2. The molecule has 1 heterocycles. The molecule has 1 aliphatic carbocycles. The zero-order chi connectivity index (χ0) is 21.3. The van der Waals surface area contributed by atoms with Crippen molar-refractivity contribution in [3.63, 3.8) is 0 Å². The van der Waals surface area contributed by atoms with Gasteiger partial charge in [0.2, 0.25) is 0 Å². The standard InChI is InChI=1S/C18H18N4O6S/c1-2-9-3-4-13-14(5-9)29-18(15(13)16(19)23)20-17(24)10-6-11(21(25)26)8-12(7-10)22(27)28/h6-9H,2-5H2,1H3,(H2,19,23)(H,20,24). The van der Waals surface area contributed by atoms with Gasteiger partial charge in [-0.3, -0.25) is 29.8 Å². The van der Waals surface area contributed by atoms with E-state index in [2.05, 4.69) is 12.2 Å². The number of benzene rings is 1. The van der Waals surface area contributed by atoms with E-state index >= 15 is 0 Å². The molecule has 0 radical (unpaired) electrons. The number of carbonyl (C=O) groups is 2. The van der Waals surface area contributed by atoms with E-state index in [4.69, 9.17) is 5.73 Å². The van der Waals surface area contributed by atoms with Crippen LogP contribution in [0.15, 0.2) is 18.2 Å². The van der Waals surface area contributed by atoms with Gasteiger partial charge in [-0.15, -0.1) is 11.3 Å². The molecule has 152 valence electrons. The Morgan fingerprint density at radius 2 is 1.83 bits per heavy atom. The number of nitro benzene ring substituents is 2. The molecule has 2 amide bonds. The van der Waals surface area contributed by atoms with Crippen molar-refractivity contribution in [1.29, 1.82) is 0 Å². The van der Waals surface area contributed by atoms with Crippen LogP contribution in [0.5, 0.6) is 0 Å². The topological polar surface area (TPSA) is 158 Å². The van der Waals surface area contributed by atoms with E-state index in [1.54, 1.807) is 0 Å². The number of non-ortho nitro benzene ring substituents is 2. The number of nitrogens with zero attached hydrogens (tertiary/aromatic N) is 2. The Morgan fingerprint density at radius 3 is 2.34 bits per heavy atom. The molecule has 3 N–H and O–H groups in total. The maximum atomic E-state index is 12.7. The third-order valence-electron chi connectivity index (χ3n) is 5.00. The second kappa shape index (κ2) is 7.95. The summed E-state index contributed by atoms with van der Waals surface area (Å²) in [5.41, 5.74) is 5.20. The number of amides is 2. The third kappa shape index (κ3) is 4.09. The Bertz CT molecular complexity index is 999. The van der Waals surface area contributed by atoms with E-state index in [1.807, 2.05) is 0 Å². The number of nitrogens with two attached hydrogens (primary N) is 1. The largest absolute Gasteiger partial charge is 0.365 e. The zero-order valence-corrected chi connectivity index (χ0v) is 16.3. The minimum Gasteiger partial charge on any atom is -0.365 e. The van der Waals surface area contributed by atoms with Gasteiger partial charge in [-0.25, -0.2) is 0 Å². The van der Waals surface area contributed by atoms with Crippen LogP contribution in [0.25, 0.3) is 0 Å². The lowest BCUT2D eigenvalue weighted by atomic mass is 9.85. The van der Waals surface area contributed by atoms with Crippen molar-refractivity contribution < 1.29 is 19.4 Å². The number of fused-ring (bicyclic) bond motifs is 1. The average molecular weight is 418 g/mol. The summed E-state index contributed by atoms with van der Waals surface area (Å²) in [5.74, 6) is -0.965. The van der Waals surface area contributed by atoms with Crippen molar-refractivity contribution in [2.45, 2.75) is 32.6 Å². The van der Waals surface area contributed by atoms with E-state index in [-0.39, 0.29) is 16.1 Å². The van der Waals surface area contributed by atoms with Gasteiger partial charge in [0.05, 0.1) is 27.0 Å². The Morgan fingerprint density at radius 1 is 1.21 bits per heavy atom. The van der Waals surface area contributed by atoms with Crippen LogP contribution in [0, 0.1) is 26.1 Å². The highest BCUT2D eigenvalue weighted by molar-refractivity contribution is 7.17. The number of hydrogen-bond acceptors (Lipinski definition) is 7. The molecule has 10 nitrogen and oxygen atoms in total. The van der Waals surface area contributed by atoms with E-state index in [9.17, 15) is 29.8 Å². The molecule has 1 aromatic carbocycles. The van der Waals surface area contributed by atoms with E-state index in [1.165, 1.54) is 11.3 Å². The molecule has 0 saturated carbocycles. The predicted molar refractivity (Wildman–Crippen MR) is 106 cm³/mol. The number of primary amides is 1. The maximum Gasteiger partial charge on any atom is 0.277 e.